The second-order valence-electron chi connectivity index (χ2n) is 3.64. The number of carboxylic acid groups (broad SMARTS) is 2. The predicted octanol–water partition coefficient (Wildman–Crippen LogP) is 0.575. The van der Waals surface area contributed by atoms with Crippen molar-refractivity contribution in [1.82, 2.24) is 0 Å². The first-order chi connectivity index (χ1) is 7.37. The number of carbonyl (C=O) groups is 2. The highest BCUT2D eigenvalue weighted by Crippen LogP contribution is 2.32. The molecule has 0 fully saturated rings. The summed E-state index contributed by atoms with van der Waals surface area (Å²) in [5, 5.41) is 26.9. The van der Waals surface area contributed by atoms with Crippen LogP contribution < -0.4 is 0 Å². The number of hydrogen-bond donors (Lipinski definition) is 3. The molecular weight excluding hydrogens is 212 g/mol. The van der Waals surface area contributed by atoms with Crippen molar-refractivity contribution in [2.75, 3.05) is 0 Å². The Bertz CT molecular complexity index is 377. The van der Waals surface area contributed by atoms with E-state index in [9.17, 15) is 9.59 Å². The summed E-state index contributed by atoms with van der Waals surface area (Å²) in [6.07, 6.45) is 4.14. The zero-order valence-corrected chi connectivity index (χ0v) is 8.46. The van der Waals surface area contributed by atoms with E-state index in [0.717, 1.165) is 0 Å². The minimum Gasteiger partial charge on any atom is -0.480 e. The first-order valence-corrected chi connectivity index (χ1v) is 4.59. The molecule has 0 saturated carbocycles. The molecule has 1 rings (SSSR count). The van der Waals surface area contributed by atoms with E-state index in [0.29, 0.717) is 0 Å². The summed E-state index contributed by atoms with van der Waals surface area (Å²) in [5.41, 5.74) is -1.61. The minimum atomic E-state index is -1.42. The van der Waals surface area contributed by atoms with Crippen LogP contribution in [0.2, 0.25) is 0 Å². The van der Waals surface area contributed by atoms with E-state index in [4.69, 9.17) is 15.3 Å². The van der Waals surface area contributed by atoms with Crippen LogP contribution in [0.25, 0.3) is 0 Å². The van der Waals surface area contributed by atoms with Crippen LogP contribution in [0.15, 0.2) is 36.5 Å². The lowest BCUT2D eigenvalue weighted by Gasteiger charge is -2.25. The van der Waals surface area contributed by atoms with Crippen molar-refractivity contribution in [1.29, 1.82) is 0 Å². The first kappa shape index (κ1) is 12.2. The quantitative estimate of drug-likeness (QED) is 0.479. The molecule has 0 atom stereocenters. The van der Waals surface area contributed by atoms with Gasteiger partial charge in [-0.15, -0.1) is 0 Å². The van der Waals surface area contributed by atoms with Crippen molar-refractivity contribution in [3.05, 3.63) is 36.5 Å². The van der Waals surface area contributed by atoms with E-state index in [2.05, 4.69) is 6.58 Å². The predicted molar refractivity (Wildman–Crippen MR) is 55.7 cm³/mol. The molecule has 0 spiro atoms. The van der Waals surface area contributed by atoms with Gasteiger partial charge in [-0.1, -0.05) is 30.9 Å². The zero-order chi connectivity index (χ0) is 12.3. The molecule has 0 aromatic carbocycles. The fraction of sp³-hybridized carbons (Fsp3) is 0.273. The van der Waals surface area contributed by atoms with Gasteiger partial charge in [-0.3, -0.25) is 4.79 Å². The Hall–Kier alpha value is -1.88. The van der Waals surface area contributed by atoms with Crippen LogP contribution in [-0.4, -0.2) is 33.4 Å². The van der Waals surface area contributed by atoms with Crippen molar-refractivity contribution in [2.45, 2.75) is 12.5 Å². The van der Waals surface area contributed by atoms with E-state index in [1.165, 1.54) is 24.3 Å². The van der Waals surface area contributed by atoms with Gasteiger partial charge in [0.15, 0.2) is 0 Å². The van der Waals surface area contributed by atoms with E-state index < -0.39 is 23.5 Å². The molecule has 0 saturated heterocycles. The van der Waals surface area contributed by atoms with Crippen LogP contribution in [0.3, 0.4) is 0 Å². The Balaban J connectivity index is 2.96. The smallest absolute Gasteiger partial charge is 0.331 e. The third-order valence-electron chi connectivity index (χ3n) is 2.39. The molecule has 16 heavy (non-hydrogen) atoms. The van der Waals surface area contributed by atoms with Gasteiger partial charge in [0, 0.05) is 12.0 Å². The lowest BCUT2D eigenvalue weighted by molar-refractivity contribution is -0.143. The van der Waals surface area contributed by atoms with Gasteiger partial charge in [-0.05, 0) is 0 Å². The zero-order valence-electron chi connectivity index (χ0n) is 8.46. The van der Waals surface area contributed by atoms with Gasteiger partial charge in [0.25, 0.3) is 0 Å². The molecule has 0 aromatic rings. The summed E-state index contributed by atoms with van der Waals surface area (Å²) in [5.74, 6) is -2.40. The topological polar surface area (TPSA) is 94.8 Å². The van der Waals surface area contributed by atoms with Crippen molar-refractivity contribution >= 4 is 11.9 Å². The molecule has 0 unspecified atom stereocenters. The number of aliphatic carboxylic acids is 2. The molecule has 0 amide bonds. The van der Waals surface area contributed by atoms with Crippen molar-refractivity contribution in [3.8, 4) is 0 Å². The first-order valence-electron chi connectivity index (χ1n) is 4.59. The molecule has 0 aliphatic heterocycles. The summed E-state index contributed by atoms with van der Waals surface area (Å²) >= 11 is 0. The van der Waals surface area contributed by atoms with Crippen LogP contribution >= 0.6 is 0 Å². The monoisotopic (exact) mass is 224 g/mol. The second-order valence-corrected chi connectivity index (χ2v) is 3.64. The second kappa shape index (κ2) is 4.32. The molecule has 5 heteroatoms. The van der Waals surface area contributed by atoms with Crippen molar-refractivity contribution in [3.63, 3.8) is 0 Å². The highest BCUT2D eigenvalue weighted by molar-refractivity contribution is 5.89. The lowest BCUT2D eigenvalue weighted by atomic mass is 9.78. The molecule has 0 heterocycles. The van der Waals surface area contributed by atoms with Crippen LogP contribution in [0, 0.1) is 5.41 Å². The molecule has 0 radical (unpaired) electrons. The standard InChI is InChI=1S/C11H12O5/c1-7(9(13)14)6-11(10(15)16)4-2-8(12)3-5-11/h2-5,8,12H,1,6H2,(H,13,14)(H,15,16). The Morgan fingerprint density at radius 2 is 1.75 bits per heavy atom. The molecule has 5 nitrogen and oxygen atoms in total. The van der Waals surface area contributed by atoms with Gasteiger partial charge in [0.2, 0.25) is 0 Å². The van der Waals surface area contributed by atoms with Gasteiger partial charge >= 0.3 is 11.9 Å². The lowest BCUT2D eigenvalue weighted by Crippen LogP contribution is -2.31. The van der Waals surface area contributed by atoms with Gasteiger partial charge in [-0.25, -0.2) is 4.79 Å². The number of carboxylic acids is 2. The number of rotatable bonds is 4. The number of hydrogen-bond acceptors (Lipinski definition) is 3. The molecule has 0 bridgehead atoms. The largest absolute Gasteiger partial charge is 0.480 e. The Morgan fingerprint density at radius 3 is 2.12 bits per heavy atom. The maximum atomic E-state index is 11.1. The average Bonchev–Trinajstić information content (AvgIpc) is 2.21. The summed E-state index contributed by atoms with van der Waals surface area (Å²) in [6, 6.07) is 0. The Morgan fingerprint density at radius 1 is 1.25 bits per heavy atom. The van der Waals surface area contributed by atoms with Crippen LogP contribution in [0.5, 0.6) is 0 Å². The minimum absolute atomic E-state index is 0.187. The SMILES string of the molecule is C=C(CC1(C(=O)O)C=CC(O)C=C1)C(=O)O. The summed E-state index contributed by atoms with van der Waals surface area (Å²) in [4.78, 5) is 21.7. The molecule has 86 valence electrons. The molecular formula is C11H12O5. The third kappa shape index (κ3) is 2.38. The summed E-state index contributed by atoms with van der Waals surface area (Å²) in [6.45, 7) is 3.30. The fourth-order valence-corrected chi connectivity index (χ4v) is 1.43. The van der Waals surface area contributed by atoms with Gasteiger partial charge in [0.05, 0.1) is 6.10 Å². The maximum absolute atomic E-state index is 11.1. The average molecular weight is 224 g/mol. The van der Waals surface area contributed by atoms with Crippen molar-refractivity contribution in [2.24, 2.45) is 5.41 Å². The van der Waals surface area contributed by atoms with E-state index in [-0.39, 0.29) is 12.0 Å². The molecule has 3 N–H and O–H groups in total. The summed E-state index contributed by atoms with van der Waals surface area (Å²) < 4.78 is 0. The Kier molecular flexibility index (Phi) is 3.29. The normalized spacial score (nSPS) is 27.7. The van der Waals surface area contributed by atoms with Gasteiger partial charge in [0.1, 0.15) is 5.41 Å². The van der Waals surface area contributed by atoms with Gasteiger partial charge < -0.3 is 15.3 Å². The van der Waals surface area contributed by atoms with E-state index in [1.54, 1.807) is 0 Å². The molecule has 1 aliphatic carbocycles. The van der Waals surface area contributed by atoms with Crippen LogP contribution in [0.4, 0.5) is 0 Å². The van der Waals surface area contributed by atoms with Crippen LogP contribution in [0.1, 0.15) is 6.42 Å². The van der Waals surface area contributed by atoms with E-state index in [1.807, 2.05) is 0 Å². The summed E-state index contributed by atoms with van der Waals surface area (Å²) in [7, 11) is 0. The van der Waals surface area contributed by atoms with Gasteiger partial charge in [-0.2, -0.15) is 0 Å². The third-order valence-corrected chi connectivity index (χ3v) is 2.39. The van der Waals surface area contributed by atoms with Crippen molar-refractivity contribution < 1.29 is 24.9 Å². The number of aliphatic hydroxyl groups is 1. The fourth-order valence-electron chi connectivity index (χ4n) is 1.43. The van der Waals surface area contributed by atoms with E-state index >= 15 is 0 Å². The van der Waals surface area contributed by atoms with Crippen LogP contribution in [-0.2, 0) is 9.59 Å². The molecule has 0 aromatic heterocycles. The molecule has 1 aliphatic rings. The maximum Gasteiger partial charge on any atom is 0.331 e. The highest BCUT2D eigenvalue weighted by atomic mass is 16.4. The number of aliphatic hydroxyl groups excluding tert-OH is 1. The highest BCUT2D eigenvalue weighted by Gasteiger charge is 2.36. The Labute approximate surface area is 92.0 Å².